The minimum atomic E-state index is 0.0157. The molecule has 2 rings (SSSR count). The van der Waals surface area contributed by atoms with Crippen LogP contribution in [0, 0.1) is 0 Å². The number of rotatable bonds is 6. The molecular weight excluding hydrogens is 256 g/mol. The van der Waals surface area contributed by atoms with E-state index in [1.807, 2.05) is 24.3 Å². The summed E-state index contributed by atoms with van der Waals surface area (Å²) in [7, 11) is 1.63. The predicted octanol–water partition coefficient (Wildman–Crippen LogP) is 1.02. The van der Waals surface area contributed by atoms with E-state index in [4.69, 9.17) is 4.74 Å². The topological polar surface area (TPSA) is 67.4 Å². The van der Waals surface area contributed by atoms with Crippen molar-refractivity contribution in [3.63, 3.8) is 0 Å². The number of hydrogen-bond donors (Lipinski definition) is 2. The van der Waals surface area contributed by atoms with Crippen molar-refractivity contribution in [2.75, 3.05) is 13.7 Å². The van der Waals surface area contributed by atoms with Crippen LogP contribution in [0.1, 0.15) is 24.8 Å². The molecule has 0 spiro atoms. The molecule has 2 N–H and O–H groups in total. The highest BCUT2D eigenvalue weighted by Gasteiger charge is 2.20. The van der Waals surface area contributed by atoms with Crippen LogP contribution < -0.4 is 15.4 Å². The summed E-state index contributed by atoms with van der Waals surface area (Å²) in [4.78, 5) is 22.8. The van der Waals surface area contributed by atoms with E-state index in [2.05, 4.69) is 10.6 Å². The molecule has 1 aromatic rings. The minimum absolute atomic E-state index is 0.0157. The van der Waals surface area contributed by atoms with Crippen molar-refractivity contribution in [3.05, 3.63) is 29.8 Å². The van der Waals surface area contributed by atoms with Crippen LogP contribution in [0.15, 0.2) is 24.3 Å². The van der Waals surface area contributed by atoms with Gasteiger partial charge in [0.2, 0.25) is 11.8 Å². The van der Waals surface area contributed by atoms with Gasteiger partial charge in [-0.15, -0.1) is 0 Å². The smallest absolute Gasteiger partial charge is 0.220 e. The maximum absolute atomic E-state index is 11.7. The van der Waals surface area contributed by atoms with Crippen molar-refractivity contribution < 1.29 is 14.3 Å². The van der Waals surface area contributed by atoms with Crippen LogP contribution in [0.5, 0.6) is 5.75 Å². The number of ether oxygens (including phenoxy) is 1. The van der Waals surface area contributed by atoms with Gasteiger partial charge in [-0.25, -0.2) is 0 Å². The summed E-state index contributed by atoms with van der Waals surface area (Å²) in [5.41, 5.74) is 1.11. The molecule has 5 nitrogen and oxygen atoms in total. The van der Waals surface area contributed by atoms with Crippen LogP contribution in [0.25, 0.3) is 0 Å². The SMILES string of the molecule is COc1ccc(CCC(=O)NCC2CCC(=O)N2)cc1. The Balaban J connectivity index is 1.67. The maximum Gasteiger partial charge on any atom is 0.220 e. The molecule has 1 aliphatic rings. The molecule has 0 saturated carbocycles. The molecule has 1 aliphatic heterocycles. The second kappa shape index (κ2) is 6.93. The van der Waals surface area contributed by atoms with Crippen molar-refractivity contribution in [2.24, 2.45) is 0 Å². The number of carbonyl (C=O) groups excluding carboxylic acids is 2. The molecule has 1 heterocycles. The molecule has 1 atom stereocenters. The zero-order valence-electron chi connectivity index (χ0n) is 11.6. The lowest BCUT2D eigenvalue weighted by atomic mass is 10.1. The van der Waals surface area contributed by atoms with Crippen molar-refractivity contribution in [1.29, 1.82) is 0 Å². The van der Waals surface area contributed by atoms with Gasteiger partial charge in [0.15, 0.2) is 0 Å². The Labute approximate surface area is 118 Å². The number of hydrogen-bond acceptors (Lipinski definition) is 3. The number of amides is 2. The monoisotopic (exact) mass is 276 g/mol. The molecule has 1 saturated heterocycles. The van der Waals surface area contributed by atoms with Crippen LogP contribution in [0.4, 0.5) is 0 Å². The molecule has 1 fully saturated rings. The Morgan fingerprint density at radius 1 is 1.40 bits per heavy atom. The van der Waals surface area contributed by atoms with Gasteiger partial charge in [0.05, 0.1) is 7.11 Å². The Morgan fingerprint density at radius 3 is 2.75 bits per heavy atom. The molecule has 0 aromatic heterocycles. The second-order valence-corrected chi connectivity index (χ2v) is 4.96. The van der Waals surface area contributed by atoms with E-state index in [9.17, 15) is 9.59 Å². The number of methoxy groups -OCH3 is 1. The third kappa shape index (κ3) is 4.26. The summed E-state index contributed by atoms with van der Waals surface area (Å²) < 4.78 is 5.09. The number of benzene rings is 1. The van der Waals surface area contributed by atoms with Crippen LogP contribution in [0.3, 0.4) is 0 Å². The van der Waals surface area contributed by atoms with E-state index in [0.717, 1.165) is 17.7 Å². The van der Waals surface area contributed by atoms with E-state index < -0.39 is 0 Å². The molecule has 0 radical (unpaired) electrons. The molecule has 0 bridgehead atoms. The second-order valence-electron chi connectivity index (χ2n) is 4.96. The van der Waals surface area contributed by atoms with Crippen LogP contribution in [-0.4, -0.2) is 31.5 Å². The zero-order valence-corrected chi connectivity index (χ0v) is 11.6. The fourth-order valence-electron chi connectivity index (χ4n) is 2.21. The van der Waals surface area contributed by atoms with Crippen molar-refractivity contribution >= 4 is 11.8 Å². The van der Waals surface area contributed by atoms with E-state index in [1.54, 1.807) is 7.11 Å². The molecule has 20 heavy (non-hydrogen) atoms. The first-order chi connectivity index (χ1) is 9.67. The zero-order chi connectivity index (χ0) is 14.4. The predicted molar refractivity (Wildman–Crippen MR) is 75.5 cm³/mol. The summed E-state index contributed by atoms with van der Waals surface area (Å²) in [6.07, 6.45) is 2.52. The summed E-state index contributed by atoms with van der Waals surface area (Å²) in [5.74, 6) is 0.902. The third-order valence-electron chi connectivity index (χ3n) is 3.43. The largest absolute Gasteiger partial charge is 0.497 e. The first-order valence-corrected chi connectivity index (χ1v) is 6.86. The summed E-state index contributed by atoms with van der Waals surface area (Å²) >= 11 is 0. The van der Waals surface area contributed by atoms with Gasteiger partial charge in [-0.2, -0.15) is 0 Å². The first-order valence-electron chi connectivity index (χ1n) is 6.86. The Bertz CT molecular complexity index is 471. The van der Waals surface area contributed by atoms with Gasteiger partial charge in [-0.1, -0.05) is 12.1 Å². The Hall–Kier alpha value is -2.04. The maximum atomic E-state index is 11.7. The lowest BCUT2D eigenvalue weighted by Gasteiger charge is -2.11. The standard InChI is InChI=1S/C15H20N2O3/c1-20-13-6-2-11(3-7-13)4-8-14(18)16-10-12-5-9-15(19)17-12/h2-3,6-7,12H,4-5,8-10H2,1H3,(H,16,18)(H,17,19). The van der Waals surface area contributed by atoms with E-state index in [-0.39, 0.29) is 17.9 Å². The lowest BCUT2D eigenvalue weighted by molar-refractivity contribution is -0.122. The van der Waals surface area contributed by atoms with Gasteiger partial charge in [0.1, 0.15) is 5.75 Å². The van der Waals surface area contributed by atoms with Gasteiger partial charge in [0.25, 0.3) is 0 Å². The first kappa shape index (κ1) is 14.4. The molecule has 5 heteroatoms. The molecular formula is C15H20N2O3. The highest BCUT2D eigenvalue weighted by molar-refractivity contribution is 5.79. The van der Waals surface area contributed by atoms with E-state index >= 15 is 0 Å². The molecule has 0 aliphatic carbocycles. The van der Waals surface area contributed by atoms with Gasteiger partial charge < -0.3 is 15.4 Å². The van der Waals surface area contributed by atoms with Gasteiger partial charge in [-0.05, 0) is 30.5 Å². The summed E-state index contributed by atoms with van der Waals surface area (Å²) in [5, 5.41) is 5.69. The number of carbonyl (C=O) groups is 2. The van der Waals surface area contributed by atoms with Crippen molar-refractivity contribution in [2.45, 2.75) is 31.7 Å². The average molecular weight is 276 g/mol. The fourth-order valence-corrected chi connectivity index (χ4v) is 2.21. The van der Waals surface area contributed by atoms with Crippen LogP contribution in [0.2, 0.25) is 0 Å². The molecule has 108 valence electrons. The van der Waals surface area contributed by atoms with Gasteiger partial charge >= 0.3 is 0 Å². The van der Waals surface area contributed by atoms with Crippen molar-refractivity contribution in [3.8, 4) is 5.75 Å². The third-order valence-corrected chi connectivity index (χ3v) is 3.43. The highest BCUT2D eigenvalue weighted by Crippen LogP contribution is 2.12. The normalized spacial score (nSPS) is 17.6. The number of aryl methyl sites for hydroxylation is 1. The Morgan fingerprint density at radius 2 is 2.15 bits per heavy atom. The van der Waals surface area contributed by atoms with Crippen LogP contribution >= 0.6 is 0 Å². The van der Waals surface area contributed by atoms with E-state index in [0.29, 0.717) is 25.8 Å². The fraction of sp³-hybridized carbons (Fsp3) is 0.467. The van der Waals surface area contributed by atoms with Crippen molar-refractivity contribution in [1.82, 2.24) is 10.6 Å². The van der Waals surface area contributed by atoms with Crippen LogP contribution in [-0.2, 0) is 16.0 Å². The van der Waals surface area contributed by atoms with E-state index in [1.165, 1.54) is 0 Å². The minimum Gasteiger partial charge on any atom is -0.497 e. The number of nitrogens with one attached hydrogen (secondary N) is 2. The quantitative estimate of drug-likeness (QED) is 0.815. The Kier molecular flexibility index (Phi) is 4.98. The summed E-state index contributed by atoms with van der Waals surface area (Å²) in [6.45, 7) is 0.521. The average Bonchev–Trinajstić information content (AvgIpc) is 2.89. The van der Waals surface area contributed by atoms with Gasteiger partial charge in [0, 0.05) is 25.4 Å². The highest BCUT2D eigenvalue weighted by atomic mass is 16.5. The lowest BCUT2D eigenvalue weighted by Crippen LogP contribution is -2.38. The molecule has 1 unspecified atom stereocenters. The summed E-state index contributed by atoms with van der Waals surface area (Å²) in [6, 6.07) is 7.79. The molecule has 1 aromatic carbocycles. The molecule has 2 amide bonds. The van der Waals surface area contributed by atoms with Gasteiger partial charge in [-0.3, -0.25) is 9.59 Å².